The zero-order chi connectivity index (χ0) is 14.5. The van der Waals surface area contributed by atoms with Crippen molar-refractivity contribution < 1.29 is 14.3 Å². The third-order valence-electron chi connectivity index (χ3n) is 2.86. The van der Waals surface area contributed by atoms with Crippen molar-refractivity contribution >= 4 is 29.3 Å². The predicted octanol–water partition coefficient (Wildman–Crippen LogP) is 4.07. The van der Waals surface area contributed by atoms with Gasteiger partial charge < -0.3 is 14.4 Å². The van der Waals surface area contributed by atoms with Gasteiger partial charge in [-0.15, -0.1) is 0 Å². The Hall–Kier alpha value is -1.39. The van der Waals surface area contributed by atoms with Crippen LogP contribution in [0.1, 0.15) is 12.8 Å². The van der Waals surface area contributed by atoms with Gasteiger partial charge in [-0.25, -0.2) is 4.79 Å². The Morgan fingerprint density at radius 2 is 2.05 bits per heavy atom. The lowest BCUT2D eigenvalue weighted by Crippen LogP contribution is -2.30. The molecule has 0 atom stereocenters. The van der Waals surface area contributed by atoms with Gasteiger partial charge in [-0.05, 0) is 25.0 Å². The summed E-state index contributed by atoms with van der Waals surface area (Å²) < 4.78 is 10.7. The Labute approximate surface area is 127 Å². The first-order chi connectivity index (χ1) is 9.56. The van der Waals surface area contributed by atoms with Crippen LogP contribution in [0, 0.1) is 0 Å². The molecular weight excluding hydrogens is 301 g/mol. The molecule has 0 radical (unpaired) electrons. The van der Waals surface area contributed by atoms with Crippen LogP contribution in [-0.4, -0.2) is 30.7 Å². The summed E-state index contributed by atoms with van der Waals surface area (Å²) in [5, 5.41) is 0.782. The number of amides is 1. The zero-order valence-electron chi connectivity index (χ0n) is 10.9. The van der Waals surface area contributed by atoms with Crippen LogP contribution in [0.15, 0.2) is 29.8 Å². The molecule has 6 heteroatoms. The predicted molar refractivity (Wildman–Crippen MR) is 78.8 cm³/mol. The lowest BCUT2D eigenvalue weighted by atomic mass is 10.3. The van der Waals surface area contributed by atoms with Gasteiger partial charge in [0.25, 0.3) is 0 Å². The molecule has 0 spiro atoms. The van der Waals surface area contributed by atoms with E-state index in [1.54, 1.807) is 23.1 Å². The first kappa shape index (κ1) is 15.0. The Morgan fingerprint density at radius 1 is 1.35 bits per heavy atom. The van der Waals surface area contributed by atoms with Gasteiger partial charge in [-0.2, -0.15) is 0 Å². The molecule has 0 N–H and O–H groups in total. The summed E-state index contributed by atoms with van der Waals surface area (Å²) in [4.78, 5) is 13.5. The van der Waals surface area contributed by atoms with Crippen LogP contribution < -0.4 is 9.47 Å². The first-order valence-corrected chi connectivity index (χ1v) is 7.04. The molecule has 1 aliphatic heterocycles. The summed E-state index contributed by atoms with van der Waals surface area (Å²) in [6.07, 6.45) is 1.68. The lowest BCUT2D eigenvalue weighted by Gasteiger charge is -2.15. The molecule has 1 amide bonds. The smallest absolute Gasteiger partial charge is 0.415 e. The molecule has 1 fully saturated rings. The Bertz CT molecular complexity index is 513. The molecular formula is C14H15Cl2NO3. The van der Waals surface area contributed by atoms with Crippen molar-refractivity contribution in [3.8, 4) is 11.5 Å². The zero-order valence-corrected chi connectivity index (χ0v) is 12.4. The number of rotatable bonds is 4. The minimum Gasteiger partial charge on any atom is -0.486 e. The monoisotopic (exact) mass is 315 g/mol. The van der Waals surface area contributed by atoms with Gasteiger partial charge in [-0.3, -0.25) is 0 Å². The van der Waals surface area contributed by atoms with Gasteiger partial charge in [0.15, 0.2) is 0 Å². The van der Waals surface area contributed by atoms with Crippen molar-refractivity contribution in [2.24, 2.45) is 0 Å². The average molecular weight is 316 g/mol. The number of carbonyl (C=O) groups excluding carboxylic acids is 1. The molecule has 1 saturated heterocycles. The molecule has 20 heavy (non-hydrogen) atoms. The van der Waals surface area contributed by atoms with Gasteiger partial charge >= 0.3 is 6.09 Å². The molecule has 108 valence electrons. The van der Waals surface area contributed by atoms with E-state index in [0.29, 0.717) is 21.6 Å². The van der Waals surface area contributed by atoms with E-state index < -0.39 is 0 Å². The van der Waals surface area contributed by atoms with Gasteiger partial charge in [0.05, 0.1) is 5.02 Å². The van der Waals surface area contributed by atoms with E-state index in [1.165, 1.54) is 0 Å². The maximum absolute atomic E-state index is 11.9. The molecule has 1 aliphatic rings. The fourth-order valence-corrected chi connectivity index (χ4v) is 2.11. The van der Waals surface area contributed by atoms with E-state index in [4.69, 9.17) is 32.7 Å². The summed E-state index contributed by atoms with van der Waals surface area (Å²) in [6, 6.07) is 4.80. The summed E-state index contributed by atoms with van der Waals surface area (Å²) >= 11 is 11.6. The van der Waals surface area contributed by atoms with E-state index in [0.717, 1.165) is 25.9 Å². The van der Waals surface area contributed by atoms with E-state index in [-0.39, 0.29) is 12.7 Å². The molecule has 0 aliphatic carbocycles. The van der Waals surface area contributed by atoms with Crippen molar-refractivity contribution in [2.45, 2.75) is 12.8 Å². The molecule has 2 rings (SSSR count). The highest BCUT2D eigenvalue weighted by molar-refractivity contribution is 6.32. The topological polar surface area (TPSA) is 38.8 Å². The number of likely N-dealkylation sites (tertiary alicyclic amines) is 1. The summed E-state index contributed by atoms with van der Waals surface area (Å²) in [5.74, 6) is 0.793. The maximum Gasteiger partial charge on any atom is 0.415 e. The number of nitrogens with zero attached hydrogens (tertiary/aromatic N) is 1. The van der Waals surface area contributed by atoms with Crippen molar-refractivity contribution in [2.75, 3.05) is 19.7 Å². The molecule has 1 aromatic rings. The van der Waals surface area contributed by atoms with Crippen LogP contribution in [0.3, 0.4) is 0 Å². The number of carbonyl (C=O) groups is 1. The van der Waals surface area contributed by atoms with E-state index in [9.17, 15) is 4.79 Å². The van der Waals surface area contributed by atoms with Crippen molar-refractivity contribution in [1.82, 2.24) is 4.90 Å². The molecule has 0 unspecified atom stereocenters. The minimum absolute atomic E-state index is 0.144. The quantitative estimate of drug-likeness (QED) is 0.840. The Morgan fingerprint density at radius 3 is 2.70 bits per heavy atom. The summed E-state index contributed by atoms with van der Waals surface area (Å²) in [7, 11) is 0. The Balaban J connectivity index is 2.02. The summed E-state index contributed by atoms with van der Waals surface area (Å²) in [5.41, 5.74) is 0. The number of hydrogen-bond acceptors (Lipinski definition) is 3. The van der Waals surface area contributed by atoms with E-state index in [1.807, 2.05) is 0 Å². The van der Waals surface area contributed by atoms with Crippen LogP contribution in [0.25, 0.3) is 0 Å². The molecule has 1 aromatic carbocycles. The van der Waals surface area contributed by atoms with E-state index >= 15 is 0 Å². The van der Waals surface area contributed by atoms with Crippen molar-refractivity contribution in [3.63, 3.8) is 0 Å². The van der Waals surface area contributed by atoms with Crippen molar-refractivity contribution in [1.29, 1.82) is 0 Å². The number of ether oxygens (including phenoxy) is 2. The van der Waals surface area contributed by atoms with Crippen LogP contribution in [0.5, 0.6) is 11.5 Å². The van der Waals surface area contributed by atoms with Gasteiger partial charge in [0.2, 0.25) is 0 Å². The third-order valence-corrected chi connectivity index (χ3v) is 3.28. The molecule has 1 heterocycles. The second-order valence-electron chi connectivity index (χ2n) is 4.46. The number of halogens is 2. The van der Waals surface area contributed by atoms with Gasteiger partial charge in [0.1, 0.15) is 18.1 Å². The molecule has 0 bridgehead atoms. The number of benzene rings is 1. The highest BCUT2D eigenvalue weighted by Gasteiger charge is 2.20. The largest absolute Gasteiger partial charge is 0.486 e. The summed E-state index contributed by atoms with van der Waals surface area (Å²) in [6.45, 7) is 5.15. The maximum atomic E-state index is 11.9. The normalized spacial score (nSPS) is 14.2. The third kappa shape index (κ3) is 4.05. The second-order valence-corrected chi connectivity index (χ2v) is 5.40. The highest BCUT2D eigenvalue weighted by atomic mass is 35.5. The highest BCUT2D eigenvalue weighted by Crippen LogP contribution is 2.30. The van der Waals surface area contributed by atoms with Gasteiger partial charge in [-0.1, -0.05) is 29.8 Å². The fraction of sp³-hybridized carbons (Fsp3) is 0.357. The van der Waals surface area contributed by atoms with Crippen LogP contribution >= 0.6 is 23.2 Å². The number of hydrogen-bond donors (Lipinski definition) is 0. The fourth-order valence-electron chi connectivity index (χ4n) is 1.88. The molecule has 0 aromatic heterocycles. The van der Waals surface area contributed by atoms with Crippen molar-refractivity contribution in [3.05, 3.63) is 34.8 Å². The molecule has 0 saturated carbocycles. The lowest BCUT2D eigenvalue weighted by molar-refractivity contribution is 0.162. The van der Waals surface area contributed by atoms with Crippen LogP contribution in [0.4, 0.5) is 4.79 Å². The average Bonchev–Trinajstić information content (AvgIpc) is 2.93. The second kappa shape index (κ2) is 6.86. The minimum atomic E-state index is -0.350. The standard InChI is InChI=1S/C14H15Cl2NO3/c1-10(15)9-19-13-8-11(4-5-12(13)16)20-14(18)17-6-2-3-7-17/h4-5,8H,1-3,6-7,9H2. The van der Waals surface area contributed by atoms with Crippen LogP contribution in [0.2, 0.25) is 5.02 Å². The SMILES string of the molecule is C=C(Cl)COc1cc(OC(=O)N2CCCC2)ccc1Cl. The van der Waals surface area contributed by atoms with E-state index in [2.05, 4.69) is 6.58 Å². The Kier molecular flexibility index (Phi) is 5.15. The molecule has 4 nitrogen and oxygen atoms in total. The first-order valence-electron chi connectivity index (χ1n) is 6.28. The van der Waals surface area contributed by atoms with Gasteiger partial charge in [0, 0.05) is 24.2 Å². The van der Waals surface area contributed by atoms with Crippen LogP contribution in [-0.2, 0) is 0 Å².